The van der Waals surface area contributed by atoms with Crippen molar-refractivity contribution in [3.63, 3.8) is 0 Å². The van der Waals surface area contributed by atoms with E-state index in [4.69, 9.17) is 0 Å². The van der Waals surface area contributed by atoms with E-state index in [2.05, 4.69) is 16.0 Å². The fraction of sp³-hybridized carbons (Fsp3) is 0.385. The van der Waals surface area contributed by atoms with Gasteiger partial charge in [-0.2, -0.15) is 4.31 Å². The van der Waals surface area contributed by atoms with Crippen molar-refractivity contribution in [3.05, 3.63) is 114 Å². The predicted molar refractivity (Wildman–Crippen MR) is 195 cm³/mol. The molecule has 4 rings (SSSR count). The highest BCUT2D eigenvalue weighted by molar-refractivity contribution is 7.89. The van der Waals surface area contributed by atoms with Crippen molar-refractivity contribution in [3.8, 4) is 0 Å². The van der Waals surface area contributed by atoms with Gasteiger partial charge in [-0.05, 0) is 59.7 Å². The number of benzene rings is 4. The fourth-order valence-corrected chi connectivity index (χ4v) is 7.74. The monoisotopic (exact) mass is 686 g/mol. The summed E-state index contributed by atoms with van der Waals surface area (Å²) in [5.41, 5.74) is 0.0774. The predicted octanol–water partition coefficient (Wildman–Crippen LogP) is 5.39. The quantitative estimate of drug-likeness (QED) is 0.0981. The fourth-order valence-electron chi connectivity index (χ4n) is 5.88. The van der Waals surface area contributed by atoms with E-state index >= 15 is 0 Å². The number of rotatable bonds is 19. The molecule has 0 radical (unpaired) electrons. The van der Waals surface area contributed by atoms with E-state index in [0.717, 1.165) is 21.9 Å². The van der Waals surface area contributed by atoms with Crippen LogP contribution in [-0.2, 0) is 32.6 Å². The van der Waals surface area contributed by atoms with Gasteiger partial charge < -0.3 is 21.1 Å². The topological polar surface area (TPSA) is 128 Å². The number of amides is 2. The van der Waals surface area contributed by atoms with Crippen molar-refractivity contribution in [2.75, 3.05) is 19.6 Å². The van der Waals surface area contributed by atoms with Crippen LogP contribution in [0.15, 0.2) is 108 Å². The van der Waals surface area contributed by atoms with Crippen molar-refractivity contribution in [2.24, 2.45) is 5.92 Å². The van der Waals surface area contributed by atoms with Gasteiger partial charge in [-0.25, -0.2) is 8.42 Å². The zero-order valence-electron chi connectivity index (χ0n) is 28.8. The Kier molecular flexibility index (Phi) is 13.9. The molecule has 49 heavy (non-hydrogen) atoms. The number of aliphatic hydroxyl groups is 1. The molecule has 10 heteroatoms. The summed E-state index contributed by atoms with van der Waals surface area (Å²) in [5.74, 6) is -0.373. The highest BCUT2D eigenvalue weighted by Crippen LogP contribution is 2.31. The molecule has 0 aliphatic rings. The van der Waals surface area contributed by atoms with Gasteiger partial charge in [-0.1, -0.05) is 105 Å². The summed E-state index contributed by atoms with van der Waals surface area (Å²) in [5, 5.41) is 23.0. The molecule has 2 unspecified atom stereocenters. The average Bonchev–Trinajstić information content (AvgIpc) is 3.07. The highest BCUT2D eigenvalue weighted by atomic mass is 32.2. The second kappa shape index (κ2) is 18.1. The molecule has 2 atom stereocenters. The van der Waals surface area contributed by atoms with Crippen molar-refractivity contribution in [1.29, 1.82) is 0 Å². The Bertz CT molecular complexity index is 1750. The van der Waals surface area contributed by atoms with Crippen LogP contribution in [-0.4, -0.2) is 61.0 Å². The maximum Gasteiger partial charge on any atom is 0.245 e. The summed E-state index contributed by atoms with van der Waals surface area (Å²) in [6, 6.07) is 31.6. The number of nitrogens with zero attached hydrogens (tertiary/aromatic N) is 1. The molecule has 4 aromatic rings. The van der Waals surface area contributed by atoms with Crippen molar-refractivity contribution in [1.82, 2.24) is 20.3 Å². The molecular formula is C39H50N4O5S. The molecule has 4 N–H and O–H groups in total. The first kappa shape index (κ1) is 37.7. The van der Waals surface area contributed by atoms with Crippen LogP contribution in [0.4, 0.5) is 0 Å². The maximum absolute atomic E-state index is 14.3. The number of carbonyl (C=O) groups excluding carboxylic acids is 2. The first-order valence-corrected chi connectivity index (χ1v) is 18.5. The van der Waals surface area contributed by atoms with Crippen LogP contribution in [0.3, 0.4) is 0 Å². The smallest absolute Gasteiger partial charge is 0.245 e. The number of nitrogens with one attached hydrogen (secondary N) is 3. The Hall–Kier alpha value is -4.09. The minimum atomic E-state index is -4.14. The van der Waals surface area contributed by atoms with E-state index < -0.39 is 15.7 Å². The lowest BCUT2D eigenvalue weighted by molar-refractivity contribution is -0.122. The zero-order valence-corrected chi connectivity index (χ0v) is 29.6. The van der Waals surface area contributed by atoms with Crippen LogP contribution in [0, 0.1) is 5.92 Å². The van der Waals surface area contributed by atoms with Gasteiger partial charge in [-0.3, -0.25) is 9.59 Å². The minimum Gasteiger partial charge on any atom is -0.374 e. The second-order valence-electron chi connectivity index (χ2n) is 13.1. The van der Waals surface area contributed by atoms with E-state index in [1.54, 1.807) is 18.2 Å². The molecule has 0 spiro atoms. The number of carbonyl (C=O) groups is 2. The molecule has 0 aliphatic heterocycles. The highest BCUT2D eigenvalue weighted by Gasteiger charge is 2.43. The molecule has 0 fully saturated rings. The van der Waals surface area contributed by atoms with E-state index in [1.807, 2.05) is 106 Å². The van der Waals surface area contributed by atoms with E-state index in [-0.39, 0.29) is 67.6 Å². The van der Waals surface area contributed by atoms with Gasteiger partial charge in [0, 0.05) is 44.9 Å². The standard InChI is InChI=1S/C39H50N4O5S/c1-30(2)29-43(49(47,48)36-22-21-34-18-10-11-19-35(34)25-36)39(46,26-32-14-6-4-7-15-32)23-24-41-37(44)20-12-13-31(3)42-38(45)28-40-27-33-16-8-5-9-17-33/h4-11,14-19,21-22,25,30-31,40,46H,12-13,20,23-24,26-29H2,1-3H3,(H,41,44)(H,42,45). The Morgan fingerprint density at radius 2 is 1.45 bits per heavy atom. The molecule has 9 nitrogen and oxygen atoms in total. The summed E-state index contributed by atoms with van der Waals surface area (Å²) in [7, 11) is -4.14. The molecule has 0 saturated carbocycles. The molecular weight excluding hydrogens is 637 g/mol. The number of hydrogen-bond acceptors (Lipinski definition) is 6. The van der Waals surface area contributed by atoms with Crippen LogP contribution in [0.25, 0.3) is 10.8 Å². The lowest BCUT2D eigenvalue weighted by Crippen LogP contribution is -2.55. The van der Waals surface area contributed by atoms with Crippen LogP contribution >= 0.6 is 0 Å². The van der Waals surface area contributed by atoms with Crippen molar-refractivity contribution in [2.45, 2.75) is 76.1 Å². The van der Waals surface area contributed by atoms with Crippen LogP contribution < -0.4 is 16.0 Å². The normalized spacial score (nSPS) is 13.7. The third kappa shape index (κ3) is 11.5. The van der Waals surface area contributed by atoms with E-state index in [0.29, 0.717) is 19.4 Å². The Morgan fingerprint density at radius 1 is 0.816 bits per heavy atom. The second-order valence-corrected chi connectivity index (χ2v) is 15.0. The van der Waals surface area contributed by atoms with Crippen LogP contribution in [0.2, 0.25) is 0 Å². The molecule has 0 saturated heterocycles. The van der Waals surface area contributed by atoms with Gasteiger partial charge in [0.2, 0.25) is 21.8 Å². The zero-order chi connectivity index (χ0) is 35.3. The molecule has 0 bridgehead atoms. The summed E-state index contributed by atoms with van der Waals surface area (Å²) >= 11 is 0. The van der Waals surface area contributed by atoms with Crippen LogP contribution in [0.1, 0.15) is 57.6 Å². The Balaban J connectivity index is 1.36. The molecule has 4 aromatic carbocycles. The van der Waals surface area contributed by atoms with Crippen molar-refractivity contribution >= 4 is 32.6 Å². The Morgan fingerprint density at radius 3 is 2.12 bits per heavy atom. The SMILES string of the molecule is CC(C)CN(C(O)(CCNC(=O)CCCC(C)NC(=O)CNCc1ccccc1)Cc1ccccc1)S(=O)(=O)c1ccc2ccccc2c1. The van der Waals surface area contributed by atoms with Crippen molar-refractivity contribution < 1.29 is 23.1 Å². The molecule has 0 aliphatic carbocycles. The summed E-state index contributed by atoms with van der Waals surface area (Å²) in [6.07, 6.45) is 1.49. The van der Waals surface area contributed by atoms with E-state index in [9.17, 15) is 23.1 Å². The number of hydrogen-bond donors (Lipinski definition) is 4. The third-order valence-corrected chi connectivity index (χ3v) is 10.3. The average molecular weight is 687 g/mol. The summed E-state index contributed by atoms with van der Waals surface area (Å²) < 4.78 is 29.8. The van der Waals surface area contributed by atoms with E-state index in [1.165, 1.54) is 4.31 Å². The van der Waals surface area contributed by atoms with Gasteiger partial charge in [0.05, 0.1) is 11.4 Å². The molecule has 0 aromatic heterocycles. The maximum atomic E-state index is 14.3. The lowest BCUT2D eigenvalue weighted by atomic mass is 9.98. The summed E-state index contributed by atoms with van der Waals surface area (Å²) in [4.78, 5) is 25.3. The van der Waals surface area contributed by atoms with Gasteiger partial charge in [0.1, 0.15) is 5.72 Å². The minimum absolute atomic E-state index is 0.00436. The van der Waals surface area contributed by atoms with Gasteiger partial charge in [-0.15, -0.1) is 0 Å². The largest absolute Gasteiger partial charge is 0.374 e. The first-order chi connectivity index (χ1) is 23.5. The van der Waals surface area contributed by atoms with Crippen LogP contribution in [0.5, 0.6) is 0 Å². The lowest BCUT2D eigenvalue weighted by Gasteiger charge is -2.40. The molecule has 2 amide bonds. The van der Waals surface area contributed by atoms with Gasteiger partial charge in [0.25, 0.3) is 0 Å². The third-order valence-electron chi connectivity index (χ3n) is 8.39. The molecule has 262 valence electrons. The number of sulfonamides is 1. The van der Waals surface area contributed by atoms with Gasteiger partial charge >= 0.3 is 0 Å². The Labute approximate surface area is 291 Å². The first-order valence-electron chi connectivity index (χ1n) is 17.0. The van der Waals surface area contributed by atoms with Gasteiger partial charge in [0.15, 0.2) is 0 Å². The summed E-state index contributed by atoms with van der Waals surface area (Å²) in [6.45, 7) is 6.73. The molecule has 0 heterocycles. The number of fused-ring (bicyclic) bond motifs is 1.